The van der Waals surface area contributed by atoms with Crippen LogP contribution in [0.1, 0.15) is 12.8 Å². The van der Waals surface area contributed by atoms with Gasteiger partial charge in [-0.05, 0) is 25.0 Å². The molecule has 1 aromatic carbocycles. The van der Waals surface area contributed by atoms with Crippen molar-refractivity contribution in [3.63, 3.8) is 0 Å². The maximum Gasteiger partial charge on any atom is 0.244 e. The van der Waals surface area contributed by atoms with Crippen molar-refractivity contribution in [2.75, 3.05) is 13.1 Å². The lowest BCUT2D eigenvalue weighted by atomic mass is 10.2. The Morgan fingerprint density at radius 1 is 1.29 bits per heavy atom. The fraction of sp³-hybridized carbons (Fsp3) is 0.455. The van der Waals surface area contributed by atoms with E-state index in [2.05, 4.69) is 0 Å². The first-order chi connectivity index (χ1) is 8.01. The lowest BCUT2D eigenvalue weighted by molar-refractivity contribution is 0.350. The minimum absolute atomic E-state index is 0.110. The molecule has 17 heavy (non-hydrogen) atoms. The average Bonchev–Trinajstić information content (AvgIpc) is 2.29. The first-order valence-corrected chi connectivity index (χ1v) is 7.66. The van der Waals surface area contributed by atoms with Crippen LogP contribution in [0.4, 0.5) is 0 Å². The van der Waals surface area contributed by atoms with Gasteiger partial charge < -0.3 is 0 Å². The number of hydrogen-bond donors (Lipinski definition) is 0. The van der Waals surface area contributed by atoms with Crippen molar-refractivity contribution >= 4 is 33.2 Å². The van der Waals surface area contributed by atoms with Crippen molar-refractivity contribution in [1.82, 2.24) is 4.31 Å². The lowest BCUT2D eigenvalue weighted by Crippen LogP contribution is -2.40. The van der Waals surface area contributed by atoms with E-state index in [1.165, 1.54) is 10.4 Å². The van der Waals surface area contributed by atoms with Gasteiger partial charge in [0, 0.05) is 18.5 Å². The molecular weight excluding hydrogens is 281 g/mol. The predicted octanol–water partition coefficient (Wildman–Crippen LogP) is 2.73. The average molecular weight is 294 g/mol. The Bertz CT molecular complexity index is 504. The molecule has 2 rings (SSSR count). The highest BCUT2D eigenvalue weighted by Gasteiger charge is 2.30. The molecule has 0 N–H and O–H groups in total. The Kier molecular flexibility index (Phi) is 3.98. The van der Waals surface area contributed by atoms with E-state index in [1.807, 2.05) is 0 Å². The summed E-state index contributed by atoms with van der Waals surface area (Å²) in [4.78, 5) is 0.160. The zero-order valence-corrected chi connectivity index (χ0v) is 11.5. The van der Waals surface area contributed by atoms with E-state index in [4.69, 9.17) is 23.2 Å². The Hall–Kier alpha value is -0.290. The summed E-state index contributed by atoms with van der Waals surface area (Å²) in [6.45, 7) is 0.867. The monoisotopic (exact) mass is 293 g/mol. The summed E-state index contributed by atoms with van der Waals surface area (Å²) >= 11 is 11.9. The number of hydrogen-bond acceptors (Lipinski definition) is 2. The molecule has 1 unspecified atom stereocenters. The summed E-state index contributed by atoms with van der Waals surface area (Å²) in [5.41, 5.74) is 0. The highest BCUT2D eigenvalue weighted by molar-refractivity contribution is 7.89. The summed E-state index contributed by atoms with van der Waals surface area (Å²) in [5, 5.41) is 0.144. The summed E-state index contributed by atoms with van der Waals surface area (Å²) < 4.78 is 26.1. The van der Waals surface area contributed by atoms with E-state index >= 15 is 0 Å². The summed E-state index contributed by atoms with van der Waals surface area (Å²) in [6.07, 6.45) is 1.65. The number of alkyl halides is 1. The molecule has 3 nitrogen and oxygen atoms in total. The fourth-order valence-electron chi connectivity index (χ4n) is 1.90. The first-order valence-electron chi connectivity index (χ1n) is 5.40. The van der Waals surface area contributed by atoms with Crippen LogP contribution in [0, 0.1) is 0 Å². The maximum absolute atomic E-state index is 12.3. The van der Waals surface area contributed by atoms with E-state index in [0.29, 0.717) is 13.1 Å². The van der Waals surface area contributed by atoms with Crippen molar-refractivity contribution in [2.45, 2.75) is 23.1 Å². The van der Waals surface area contributed by atoms with Gasteiger partial charge in [0.2, 0.25) is 10.0 Å². The zero-order chi connectivity index (χ0) is 12.5. The molecule has 0 saturated carbocycles. The minimum Gasteiger partial charge on any atom is -0.207 e. The molecule has 6 heteroatoms. The van der Waals surface area contributed by atoms with Crippen LogP contribution in [0.5, 0.6) is 0 Å². The van der Waals surface area contributed by atoms with E-state index in [0.717, 1.165) is 12.8 Å². The third-order valence-corrected chi connectivity index (χ3v) is 5.50. The van der Waals surface area contributed by atoms with Crippen molar-refractivity contribution in [3.8, 4) is 0 Å². The third kappa shape index (κ3) is 2.76. The Labute approximate surface area is 111 Å². The second-order valence-corrected chi connectivity index (χ2v) is 6.96. The normalized spacial score (nSPS) is 22.6. The second-order valence-electron chi connectivity index (χ2n) is 4.03. The van der Waals surface area contributed by atoms with Gasteiger partial charge in [0.05, 0.1) is 5.02 Å². The van der Waals surface area contributed by atoms with Gasteiger partial charge in [-0.2, -0.15) is 4.31 Å². The van der Waals surface area contributed by atoms with Crippen LogP contribution in [0.2, 0.25) is 5.02 Å². The Morgan fingerprint density at radius 3 is 2.65 bits per heavy atom. The first kappa shape index (κ1) is 13.1. The second kappa shape index (κ2) is 5.14. The number of halogens is 2. The van der Waals surface area contributed by atoms with E-state index in [1.54, 1.807) is 18.2 Å². The molecule has 1 aromatic rings. The SMILES string of the molecule is O=S(=O)(c1ccccc1Cl)N1CCCC(Cl)C1. The molecule has 0 spiro atoms. The summed E-state index contributed by atoms with van der Waals surface area (Å²) in [6, 6.07) is 6.48. The topological polar surface area (TPSA) is 37.4 Å². The predicted molar refractivity (Wildman–Crippen MR) is 69.1 cm³/mol. The lowest BCUT2D eigenvalue weighted by Gasteiger charge is -2.29. The molecule has 1 atom stereocenters. The number of benzene rings is 1. The maximum atomic E-state index is 12.3. The summed E-state index contributed by atoms with van der Waals surface area (Å²) in [7, 11) is -3.51. The van der Waals surface area contributed by atoms with E-state index < -0.39 is 10.0 Å². The van der Waals surface area contributed by atoms with Crippen LogP contribution < -0.4 is 0 Å². The highest BCUT2D eigenvalue weighted by Crippen LogP contribution is 2.27. The quantitative estimate of drug-likeness (QED) is 0.787. The molecular formula is C11H13Cl2NO2S. The van der Waals surface area contributed by atoms with Gasteiger partial charge in [-0.3, -0.25) is 0 Å². The third-order valence-electron chi connectivity index (χ3n) is 2.78. The number of nitrogens with zero attached hydrogens (tertiary/aromatic N) is 1. The molecule has 0 aliphatic carbocycles. The highest BCUT2D eigenvalue weighted by atomic mass is 35.5. The standard InChI is InChI=1S/C11H13Cl2NO2S/c12-9-4-3-7-14(8-9)17(15,16)11-6-2-1-5-10(11)13/h1-2,5-6,9H,3-4,7-8H2. The number of piperidine rings is 1. The van der Waals surface area contributed by atoms with Crippen LogP contribution in [-0.2, 0) is 10.0 Å². The van der Waals surface area contributed by atoms with Crippen molar-refractivity contribution < 1.29 is 8.42 Å². The number of sulfonamides is 1. The van der Waals surface area contributed by atoms with Crippen LogP contribution in [0.3, 0.4) is 0 Å². The molecule has 1 aliphatic heterocycles. The van der Waals surface area contributed by atoms with Crippen LogP contribution >= 0.6 is 23.2 Å². The molecule has 1 fully saturated rings. The summed E-state index contributed by atoms with van der Waals surface area (Å²) in [5.74, 6) is 0. The van der Waals surface area contributed by atoms with Crippen molar-refractivity contribution in [2.24, 2.45) is 0 Å². The van der Waals surface area contributed by atoms with Gasteiger partial charge in [0.15, 0.2) is 0 Å². The molecule has 0 aromatic heterocycles. The van der Waals surface area contributed by atoms with Gasteiger partial charge in [-0.1, -0.05) is 23.7 Å². The minimum atomic E-state index is -3.51. The van der Waals surface area contributed by atoms with Crippen LogP contribution in [-0.4, -0.2) is 31.2 Å². The molecule has 1 heterocycles. The van der Waals surface area contributed by atoms with E-state index in [9.17, 15) is 8.42 Å². The van der Waals surface area contributed by atoms with Gasteiger partial charge in [0.1, 0.15) is 4.90 Å². The molecule has 0 radical (unpaired) electrons. The Balaban J connectivity index is 2.33. The smallest absolute Gasteiger partial charge is 0.207 e. The molecule has 0 bridgehead atoms. The van der Waals surface area contributed by atoms with Crippen LogP contribution in [0.25, 0.3) is 0 Å². The number of rotatable bonds is 2. The van der Waals surface area contributed by atoms with Gasteiger partial charge in [-0.15, -0.1) is 11.6 Å². The van der Waals surface area contributed by atoms with Crippen LogP contribution in [0.15, 0.2) is 29.2 Å². The molecule has 1 aliphatic rings. The fourth-order valence-corrected chi connectivity index (χ4v) is 4.32. The molecule has 94 valence electrons. The van der Waals surface area contributed by atoms with Crippen molar-refractivity contribution in [1.29, 1.82) is 0 Å². The van der Waals surface area contributed by atoms with Gasteiger partial charge in [0.25, 0.3) is 0 Å². The van der Waals surface area contributed by atoms with Gasteiger partial charge >= 0.3 is 0 Å². The largest absolute Gasteiger partial charge is 0.244 e. The zero-order valence-electron chi connectivity index (χ0n) is 9.14. The van der Waals surface area contributed by atoms with E-state index in [-0.39, 0.29) is 15.3 Å². The molecule has 0 amide bonds. The van der Waals surface area contributed by atoms with Crippen molar-refractivity contribution in [3.05, 3.63) is 29.3 Å². The molecule has 1 saturated heterocycles. The van der Waals surface area contributed by atoms with Gasteiger partial charge in [-0.25, -0.2) is 8.42 Å². The Morgan fingerprint density at radius 2 is 2.00 bits per heavy atom.